The molecule has 3 aliphatic heterocycles. The maximum atomic E-state index is 12.3. The molecule has 0 spiro atoms. The molecule has 3 aromatic rings. The van der Waals surface area contributed by atoms with Gasteiger partial charge < -0.3 is 67.4 Å². The molecule has 24 nitrogen and oxygen atoms in total. The van der Waals surface area contributed by atoms with Gasteiger partial charge in [-0.15, -0.1) is 0 Å². The van der Waals surface area contributed by atoms with Crippen molar-refractivity contribution >= 4 is 77.0 Å². The first-order valence-corrected chi connectivity index (χ1v) is 48.1. The molecule has 6 amide bonds. The summed E-state index contributed by atoms with van der Waals surface area (Å²) in [7, 11) is 6.25. The van der Waals surface area contributed by atoms with Crippen LogP contribution in [0, 0.1) is 32.5 Å². The molecule has 0 N–H and O–H groups in total. The van der Waals surface area contributed by atoms with E-state index in [4.69, 9.17) is 23.7 Å². The molecule has 0 bridgehead atoms. The fourth-order valence-electron chi connectivity index (χ4n) is 12.1. The Balaban J connectivity index is -0.000000745. The summed E-state index contributed by atoms with van der Waals surface area (Å²) in [5, 5.41) is 10.1. The van der Waals surface area contributed by atoms with Gasteiger partial charge in [0.25, 0.3) is 35.4 Å². The molecule has 3 heterocycles. The van der Waals surface area contributed by atoms with E-state index in [1.54, 1.807) is 91.8 Å². The summed E-state index contributed by atoms with van der Waals surface area (Å²) in [5.41, 5.74) is 4.74. The van der Waals surface area contributed by atoms with Gasteiger partial charge in [0.15, 0.2) is 5.78 Å². The summed E-state index contributed by atoms with van der Waals surface area (Å²) in [5.74, 6) is -1.67. The number of rotatable bonds is 46. The summed E-state index contributed by atoms with van der Waals surface area (Å²) in [4.78, 5) is 157. The Labute approximate surface area is 841 Å². The molecular formula is C107H172Cl2N5NaO19. The minimum absolute atomic E-state index is 0. The van der Waals surface area contributed by atoms with Crippen LogP contribution in [0.1, 0.15) is 356 Å². The van der Waals surface area contributed by atoms with Gasteiger partial charge in [0.2, 0.25) is 0 Å². The van der Waals surface area contributed by atoms with E-state index in [9.17, 15) is 67.4 Å². The van der Waals surface area contributed by atoms with E-state index in [0.717, 1.165) is 114 Å². The number of nitrogens with zero attached hydrogens (tertiary/aromatic N) is 5. The smallest absolute Gasteiger partial charge is 1.00 e. The molecule has 27 heteroatoms. The summed E-state index contributed by atoms with van der Waals surface area (Å²) >= 11 is 0. The summed E-state index contributed by atoms with van der Waals surface area (Å²) in [6.45, 7) is 64.4. The van der Waals surface area contributed by atoms with E-state index >= 15 is 0 Å². The van der Waals surface area contributed by atoms with Crippen LogP contribution in [0.15, 0.2) is 112 Å². The largest absolute Gasteiger partial charge is 1.00 e. The standard InChI is InChI=1S/C19H20O3.3C18H29NO4.C17H30N.C11H24NO2.C6H12O2.2ClH.Na/c1-4-19(2,3)18(21)22-16-12-10-15(11-13-16)17(20)14-8-6-5-7-9-14;3*1-6-18(4,5)17(22)23-12-10-8-7-9-11-19-15(20)13(2)14(3)16(19)21;1-6-15(5)17-12-10-16(11-13-17)14-18(7-2,8-3)9-4;1-7-11(2,3)10(13)14-9-8-12(4,5)6;1-4-6(2,3)5(7)8;;;/h5-13H,4H2,1-3H3;3*6-12H2,1-5H3;10-13,15H,6-9,14H2,1-5H3;7-9H2,1-6H3;4H2,1-3H3,(H,7,8);2*1H;/q;;;;2*+1;;;;+1/p-3. The van der Waals surface area contributed by atoms with Gasteiger partial charge in [-0.25, -0.2) is 0 Å². The van der Waals surface area contributed by atoms with E-state index in [-0.39, 0.29) is 131 Å². The number of ether oxygens (including phenoxy) is 5. The fraction of sp³-hybridized carbons (Fsp3) is 0.654. The Morgan fingerprint density at radius 3 is 0.881 bits per heavy atom. The van der Waals surface area contributed by atoms with Crippen LogP contribution < -0.4 is 64.2 Å². The van der Waals surface area contributed by atoms with Crippen LogP contribution in [0.5, 0.6) is 5.75 Å². The van der Waals surface area contributed by atoms with Crippen LogP contribution in [0.2, 0.25) is 0 Å². The van der Waals surface area contributed by atoms with Gasteiger partial charge in [-0.1, -0.05) is 143 Å². The second-order valence-corrected chi connectivity index (χ2v) is 39.7. The quantitative estimate of drug-likeness (QED) is 0.00741. The number of halogens is 2. The molecule has 0 aliphatic carbocycles. The van der Waals surface area contributed by atoms with Crippen molar-refractivity contribution in [1.29, 1.82) is 0 Å². The van der Waals surface area contributed by atoms with Crippen LogP contribution in [0.3, 0.4) is 0 Å². The third kappa shape index (κ3) is 45.7. The van der Waals surface area contributed by atoms with Gasteiger partial charge in [-0.05, 0) is 270 Å². The fourth-order valence-corrected chi connectivity index (χ4v) is 12.1. The van der Waals surface area contributed by atoms with E-state index in [1.165, 1.54) is 62.9 Å². The first kappa shape index (κ1) is 133. The third-order valence-electron chi connectivity index (χ3n) is 26.3. The number of unbranched alkanes of at least 4 members (excludes halogenated alkanes) is 9. The summed E-state index contributed by atoms with van der Waals surface area (Å²) < 4.78 is 28.4. The monoisotopic (exact) mass is 1920 g/mol. The van der Waals surface area contributed by atoms with Crippen molar-refractivity contribution in [1.82, 2.24) is 14.7 Å². The van der Waals surface area contributed by atoms with Crippen LogP contribution in [0.25, 0.3) is 0 Å². The number of carboxylic acids is 1. The zero-order valence-electron chi connectivity index (χ0n) is 88.8. The molecule has 1 atom stereocenters. The predicted molar refractivity (Wildman–Crippen MR) is 520 cm³/mol. The number of likely N-dealkylation sites (N-methyl/N-ethyl adjacent to an activating group) is 1. The second kappa shape index (κ2) is 64.5. The molecule has 6 rings (SSSR count). The van der Waals surface area contributed by atoms with Crippen molar-refractivity contribution in [2.24, 2.45) is 32.5 Å². The van der Waals surface area contributed by atoms with Crippen LogP contribution in [-0.4, -0.2) is 194 Å². The Morgan fingerprint density at radius 2 is 0.627 bits per heavy atom. The maximum Gasteiger partial charge on any atom is 1.00 e. The van der Waals surface area contributed by atoms with Crippen molar-refractivity contribution in [3.05, 3.63) is 135 Å². The maximum absolute atomic E-state index is 12.3. The molecule has 0 radical (unpaired) electrons. The first-order valence-electron chi connectivity index (χ1n) is 48.1. The number of carbonyl (C=O) groups excluding carboxylic acids is 13. The number of hydrogen-bond donors (Lipinski definition) is 0. The molecule has 0 aromatic heterocycles. The van der Waals surface area contributed by atoms with Gasteiger partial charge >= 0.3 is 59.4 Å². The predicted octanol–water partition coefficient (Wildman–Crippen LogP) is 11.4. The molecule has 3 aromatic carbocycles. The van der Waals surface area contributed by atoms with E-state index < -0.39 is 33.0 Å². The number of esters is 5. The second-order valence-electron chi connectivity index (χ2n) is 39.7. The van der Waals surface area contributed by atoms with E-state index in [2.05, 4.69) is 80.0 Å². The number of benzene rings is 3. The average molecular weight is 1930 g/mol. The van der Waals surface area contributed by atoms with Crippen LogP contribution in [-0.2, 0) is 83.0 Å². The summed E-state index contributed by atoms with van der Waals surface area (Å²) in [6, 6.07) is 25.0. The Kier molecular flexibility index (Phi) is 63.8. The van der Waals surface area contributed by atoms with Crippen LogP contribution >= 0.6 is 0 Å². The van der Waals surface area contributed by atoms with Gasteiger partial charge in [0.1, 0.15) is 25.4 Å². The van der Waals surface area contributed by atoms with Gasteiger partial charge in [0, 0.05) is 81.1 Å². The molecular weight excluding hydrogens is 1750 g/mol. The van der Waals surface area contributed by atoms with Gasteiger partial charge in [-0.3, -0.25) is 72.2 Å². The third-order valence-corrected chi connectivity index (χ3v) is 26.3. The van der Waals surface area contributed by atoms with Crippen LogP contribution in [0.4, 0.5) is 0 Å². The molecule has 3 aliphatic rings. The van der Waals surface area contributed by atoms with Crippen molar-refractivity contribution in [2.45, 2.75) is 335 Å². The zero-order valence-corrected chi connectivity index (χ0v) is 92.3. The number of aliphatic carboxylic acids is 1. The molecule has 0 fully saturated rings. The molecule has 0 saturated carbocycles. The van der Waals surface area contributed by atoms with Crippen molar-refractivity contribution in [2.75, 3.05) is 93.4 Å². The average Bonchev–Trinajstić information content (AvgIpc) is 1.69. The van der Waals surface area contributed by atoms with Gasteiger partial charge in [0.05, 0.1) is 87.7 Å². The molecule has 1 unspecified atom stereocenters. The molecule has 754 valence electrons. The Bertz CT molecular complexity index is 3970. The number of carboxylic acid groups (broad SMARTS) is 1. The SMILES string of the molecule is CCC(C)(C)C(=O)OCCCCCCN1C(=O)C(C)=C(C)C1=O.CCC(C)(C)C(=O)OCCCCCCN1C(=O)C(C)=C(C)C1=O.CCC(C)(C)C(=O)OCCCCCCN1C(=O)C(C)=C(C)C1=O.CCC(C)(C)C(=O)OCC[N+](C)(C)C.CCC(C)(C)C(=O)Oc1ccc(C(=O)c2ccccc2)cc1.CCC(C)(C)C(=O)[O-].CCC(C)c1ccc(C[N+](CC)(CC)CC)cc1.[Cl-].[Cl-].[Na+]. The number of quaternary nitrogens is 2. The van der Waals surface area contributed by atoms with E-state index in [1.807, 2.05) is 129 Å². The topological polar surface area (TPSA) is 301 Å². The number of ketones is 1. The van der Waals surface area contributed by atoms with Crippen molar-refractivity contribution in [3.8, 4) is 5.75 Å². The normalized spacial score (nSPS) is 13.7. The van der Waals surface area contributed by atoms with Crippen molar-refractivity contribution in [3.63, 3.8) is 0 Å². The Hall–Kier alpha value is -7.71. The van der Waals surface area contributed by atoms with E-state index in [0.29, 0.717) is 115 Å². The minimum Gasteiger partial charge on any atom is -1.00 e. The number of imide groups is 3. The minimum atomic E-state index is -0.972. The zero-order chi connectivity index (χ0) is 101. The first-order chi connectivity index (χ1) is 60.9. The number of carbonyl (C=O) groups is 13. The molecule has 0 saturated heterocycles. The Morgan fingerprint density at radius 1 is 0.358 bits per heavy atom. The van der Waals surface area contributed by atoms with Crippen molar-refractivity contribution < 1.29 is 154 Å². The number of hydrogen-bond acceptors (Lipinski definition) is 19. The van der Waals surface area contributed by atoms with Gasteiger partial charge in [-0.2, -0.15) is 0 Å². The summed E-state index contributed by atoms with van der Waals surface area (Å²) in [6.07, 6.45) is 15.9. The number of amides is 6. The molecule has 134 heavy (non-hydrogen) atoms.